The maximum absolute atomic E-state index is 12.2. The number of ether oxygens (including phenoxy) is 2. The third-order valence-corrected chi connectivity index (χ3v) is 3.76. The van der Waals surface area contributed by atoms with Crippen LogP contribution in [-0.2, 0) is 14.3 Å². The van der Waals surface area contributed by atoms with Crippen molar-refractivity contribution in [3.8, 4) is 5.75 Å². The average Bonchev–Trinajstić information content (AvgIpc) is 3.02. The molecule has 0 aliphatic carbocycles. The van der Waals surface area contributed by atoms with Crippen molar-refractivity contribution in [1.29, 1.82) is 0 Å². The summed E-state index contributed by atoms with van der Waals surface area (Å²) in [7, 11) is 0. The number of hydrogen-bond donors (Lipinski definition) is 1. The molecule has 26 heavy (non-hydrogen) atoms. The Morgan fingerprint density at radius 1 is 1.19 bits per heavy atom. The Bertz CT molecular complexity index is 783. The standard InChI is InChI=1S/C19H25N3O4/c1-12(2)22-17(8-9-20-22)21-19(24)15(5)26-18(23)11-25-16-7-6-13(3)10-14(16)4/h6-10,12,15H,11H2,1-5H3,(H,21,24)/t15-/m0/s1. The van der Waals surface area contributed by atoms with Gasteiger partial charge in [-0.25, -0.2) is 9.48 Å². The zero-order valence-electron chi connectivity index (χ0n) is 15.8. The zero-order valence-corrected chi connectivity index (χ0v) is 15.8. The SMILES string of the molecule is Cc1ccc(OCC(=O)O[C@@H](C)C(=O)Nc2ccnn2C(C)C)c(C)c1. The molecule has 0 saturated heterocycles. The first-order valence-electron chi connectivity index (χ1n) is 8.52. The van der Waals surface area contributed by atoms with Crippen LogP contribution in [0.15, 0.2) is 30.5 Å². The second kappa shape index (κ2) is 8.51. The Morgan fingerprint density at radius 3 is 2.58 bits per heavy atom. The van der Waals surface area contributed by atoms with E-state index in [-0.39, 0.29) is 12.6 Å². The molecule has 1 aromatic heterocycles. The fourth-order valence-corrected chi connectivity index (χ4v) is 2.44. The lowest BCUT2D eigenvalue weighted by molar-refractivity contribution is -0.155. The molecule has 1 heterocycles. The van der Waals surface area contributed by atoms with Crippen LogP contribution in [0.2, 0.25) is 0 Å². The summed E-state index contributed by atoms with van der Waals surface area (Å²) in [6.45, 7) is 9.05. The number of amides is 1. The number of esters is 1. The van der Waals surface area contributed by atoms with Gasteiger partial charge in [0.15, 0.2) is 12.7 Å². The molecular weight excluding hydrogens is 334 g/mol. The van der Waals surface area contributed by atoms with Gasteiger partial charge in [0, 0.05) is 12.1 Å². The zero-order chi connectivity index (χ0) is 19.3. The number of hydrogen-bond acceptors (Lipinski definition) is 5. The van der Waals surface area contributed by atoms with Gasteiger partial charge in [0.1, 0.15) is 11.6 Å². The van der Waals surface area contributed by atoms with Crippen LogP contribution in [0, 0.1) is 13.8 Å². The van der Waals surface area contributed by atoms with E-state index in [4.69, 9.17) is 9.47 Å². The molecule has 0 aliphatic rings. The molecule has 1 aromatic carbocycles. The number of anilines is 1. The second-order valence-electron chi connectivity index (χ2n) is 6.43. The molecule has 0 spiro atoms. The molecule has 7 nitrogen and oxygen atoms in total. The predicted octanol–water partition coefficient (Wildman–Crippen LogP) is 3.03. The van der Waals surface area contributed by atoms with E-state index in [1.165, 1.54) is 6.92 Å². The number of nitrogens with zero attached hydrogens (tertiary/aromatic N) is 2. The van der Waals surface area contributed by atoms with Gasteiger partial charge in [0.25, 0.3) is 5.91 Å². The molecule has 0 unspecified atom stereocenters. The predicted molar refractivity (Wildman–Crippen MR) is 98.2 cm³/mol. The highest BCUT2D eigenvalue weighted by molar-refractivity contribution is 5.94. The molecule has 1 N–H and O–H groups in total. The lowest BCUT2D eigenvalue weighted by atomic mass is 10.1. The minimum absolute atomic E-state index is 0.101. The monoisotopic (exact) mass is 359 g/mol. The summed E-state index contributed by atoms with van der Waals surface area (Å²) in [6, 6.07) is 7.47. The summed E-state index contributed by atoms with van der Waals surface area (Å²) >= 11 is 0. The maximum atomic E-state index is 12.2. The van der Waals surface area contributed by atoms with Crippen LogP contribution >= 0.6 is 0 Å². The van der Waals surface area contributed by atoms with Crippen LogP contribution in [0.25, 0.3) is 0 Å². The van der Waals surface area contributed by atoms with Gasteiger partial charge in [-0.2, -0.15) is 5.10 Å². The Kier molecular flexibility index (Phi) is 6.38. The second-order valence-corrected chi connectivity index (χ2v) is 6.43. The first-order chi connectivity index (χ1) is 12.3. The molecule has 0 radical (unpaired) electrons. The van der Waals surface area contributed by atoms with Crippen molar-refractivity contribution in [2.75, 3.05) is 11.9 Å². The van der Waals surface area contributed by atoms with Gasteiger partial charge in [-0.15, -0.1) is 0 Å². The summed E-state index contributed by atoms with van der Waals surface area (Å²) in [5.41, 5.74) is 2.05. The first kappa shape index (κ1) is 19.5. The third-order valence-electron chi connectivity index (χ3n) is 3.76. The van der Waals surface area contributed by atoms with Crippen molar-refractivity contribution in [3.05, 3.63) is 41.6 Å². The number of aryl methyl sites for hydroxylation is 2. The van der Waals surface area contributed by atoms with Crippen LogP contribution in [-0.4, -0.2) is 34.4 Å². The topological polar surface area (TPSA) is 82.4 Å². The molecule has 7 heteroatoms. The number of benzene rings is 1. The van der Waals surface area contributed by atoms with Crippen molar-refractivity contribution in [1.82, 2.24) is 9.78 Å². The van der Waals surface area contributed by atoms with E-state index in [0.717, 1.165) is 11.1 Å². The molecule has 0 aliphatic heterocycles. The Hall–Kier alpha value is -2.83. The van der Waals surface area contributed by atoms with Gasteiger partial charge in [-0.05, 0) is 46.2 Å². The van der Waals surface area contributed by atoms with E-state index < -0.39 is 18.0 Å². The Morgan fingerprint density at radius 2 is 1.92 bits per heavy atom. The average molecular weight is 359 g/mol. The van der Waals surface area contributed by atoms with Crippen LogP contribution < -0.4 is 10.1 Å². The lowest BCUT2D eigenvalue weighted by Crippen LogP contribution is -2.32. The molecule has 1 amide bonds. The quantitative estimate of drug-likeness (QED) is 0.769. The Balaban J connectivity index is 1.86. The van der Waals surface area contributed by atoms with E-state index in [1.807, 2.05) is 39.8 Å². The molecule has 0 bridgehead atoms. The molecule has 2 rings (SSSR count). The number of carbonyl (C=O) groups is 2. The van der Waals surface area contributed by atoms with Crippen molar-refractivity contribution >= 4 is 17.7 Å². The number of rotatable bonds is 7. The molecule has 1 atom stereocenters. The highest BCUT2D eigenvalue weighted by Crippen LogP contribution is 2.18. The molecule has 0 fully saturated rings. The van der Waals surface area contributed by atoms with Gasteiger partial charge in [-0.1, -0.05) is 17.7 Å². The van der Waals surface area contributed by atoms with E-state index in [0.29, 0.717) is 11.6 Å². The summed E-state index contributed by atoms with van der Waals surface area (Å²) in [4.78, 5) is 24.2. The van der Waals surface area contributed by atoms with E-state index >= 15 is 0 Å². The van der Waals surface area contributed by atoms with Crippen LogP contribution in [0.4, 0.5) is 5.82 Å². The van der Waals surface area contributed by atoms with Gasteiger partial charge in [0.05, 0.1) is 6.20 Å². The van der Waals surface area contributed by atoms with Crippen LogP contribution in [0.5, 0.6) is 5.75 Å². The normalized spacial score (nSPS) is 11.9. The first-order valence-corrected chi connectivity index (χ1v) is 8.52. The van der Waals surface area contributed by atoms with Crippen LogP contribution in [0.1, 0.15) is 37.9 Å². The Labute approximate surface area is 153 Å². The summed E-state index contributed by atoms with van der Waals surface area (Å²) in [6.07, 6.45) is 0.657. The van der Waals surface area contributed by atoms with Gasteiger partial charge in [-0.3, -0.25) is 4.79 Å². The van der Waals surface area contributed by atoms with E-state index in [2.05, 4.69) is 10.4 Å². The van der Waals surface area contributed by atoms with Gasteiger partial charge < -0.3 is 14.8 Å². The van der Waals surface area contributed by atoms with E-state index in [1.54, 1.807) is 23.0 Å². The lowest BCUT2D eigenvalue weighted by Gasteiger charge is -2.16. The maximum Gasteiger partial charge on any atom is 0.344 e. The van der Waals surface area contributed by atoms with Crippen LogP contribution in [0.3, 0.4) is 0 Å². The van der Waals surface area contributed by atoms with Crippen molar-refractivity contribution in [2.45, 2.75) is 46.8 Å². The van der Waals surface area contributed by atoms with Gasteiger partial charge >= 0.3 is 5.97 Å². The highest BCUT2D eigenvalue weighted by Gasteiger charge is 2.20. The minimum atomic E-state index is -0.944. The van der Waals surface area contributed by atoms with Crippen molar-refractivity contribution in [2.24, 2.45) is 0 Å². The molecule has 140 valence electrons. The highest BCUT2D eigenvalue weighted by atomic mass is 16.6. The molecular formula is C19H25N3O4. The number of nitrogens with one attached hydrogen (secondary N) is 1. The van der Waals surface area contributed by atoms with Crippen molar-refractivity contribution < 1.29 is 19.1 Å². The van der Waals surface area contributed by atoms with Crippen molar-refractivity contribution in [3.63, 3.8) is 0 Å². The summed E-state index contributed by atoms with van der Waals surface area (Å²) in [5, 5.41) is 6.85. The largest absolute Gasteiger partial charge is 0.482 e. The molecule has 0 saturated carbocycles. The van der Waals surface area contributed by atoms with Gasteiger partial charge in [0.2, 0.25) is 0 Å². The number of carbonyl (C=O) groups excluding carboxylic acids is 2. The fraction of sp³-hybridized carbons (Fsp3) is 0.421. The minimum Gasteiger partial charge on any atom is -0.482 e. The summed E-state index contributed by atoms with van der Waals surface area (Å²) < 4.78 is 12.3. The number of aromatic nitrogens is 2. The smallest absolute Gasteiger partial charge is 0.344 e. The third kappa shape index (κ3) is 5.08. The summed E-state index contributed by atoms with van der Waals surface area (Å²) in [5.74, 6) is 0.141. The molecule has 2 aromatic rings. The van der Waals surface area contributed by atoms with E-state index in [9.17, 15) is 9.59 Å². The fourth-order valence-electron chi connectivity index (χ4n) is 2.44.